The zero-order valence-electron chi connectivity index (χ0n) is 13.4. The SMILES string of the molecule is O=C(CCNC(=O)c1ccccc1)Nc1ccc(-c2nccs2)cc1. The van der Waals surface area contributed by atoms with E-state index < -0.39 is 0 Å². The van der Waals surface area contributed by atoms with Crippen molar-refractivity contribution in [2.24, 2.45) is 0 Å². The Labute approximate surface area is 149 Å². The summed E-state index contributed by atoms with van der Waals surface area (Å²) in [7, 11) is 0. The second-order valence-corrected chi connectivity index (χ2v) is 6.23. The maximum Gasteiger partial charge on any atom is 0.251 e. The minimum Gasteiger partial charge on any atom is -0.352 e. The lowest BCUT2D eigenvalue weighted by molar-refractivity contribution is -0.116. The van der Waals surface area contributed by atoms with Gasteiger partial charge in [-0.15, -0.1) is 11.3 Å². The van der Waals surface area contributed by atoms with Crippen LogP contribution in [-0.2, 0) is 4.79 Å². The van der Waals surface area contributed by atoms with E-state index >= 15 is 0 Å². The molecule has 3 rings (SSSR count). The van der Waals surface area contributed by atoms with E-state index in [1.54, 1.807) is 41.8 Å². The molecule has 0 spiro atoms. The molecule has 3 aromatic rings. The number of anilines is 1. The van der Waals surface area contributed by atoms with E-state index in [1.165, 1.54) is 0 Å². The van der Waals surface area contributed by atoms with Crippen molar-refractivity contribution in [1.29, 1.82) is 0 Å². The molecule has 0 bridgehead atoms. The lowest BCUT2D eigenvalue weighted by Gasteiger charge is -2.07. The molecule has 0 aliphatic heterocycles. The van der Waals surface area contributed by atoms with E-state index in [2.05, 4.69) is 15.6 Å². The van der Waals surface area contributed by atoms with E-state index in [0.29, 0.717) is 5.56 Å². The number of nitrogens with zero attached hydrogens (tertiary/aromatic N) is 1. The first-order valence-electron chi connectivity index (χ1n) is 7.85. The van der Waals surface area contributed by atoms with Crippen LogP contribution in [-0.4, -0.2) is 23.3 Å². The highest BCUT2D eigenvalue weighted by Crippen LogP contribution is 2.23. The Balaban J connectivity index is 1.45. The second kappa shape index (κ2) is 8.21. The molecule has 2 amide bonds. The number of thiazole rings is 1. The minimum atomic E-state index is -0.179. The molecular weight excluding hydrogens is 334 g/mol. The second-order valence-electron chi connectivity index (χ2n) is 5.33. The normalized spacial score (nSPS) is 10.2. The maximum absolute atomic E-state index is 12.0. The van der Waals surface area contributed by atoms with E-state index in [1.807, 2.05) is 35.7 Å². The summed E-state index contributed by atoms with van der Waals surface area (Å²) in [5, 5.41) is 8.43. The third kappa shape index (κ3) is 4.74. The Morgan fingerprint density at radius 3 is 2.44 bits per heavy atom. The molecule has 1 heterocycles. The number of aromatic nitrogens is 1. The summed E-state index contributed by atoms with van der Waals surface area (Å²) in [6, 6.07) is 16.5. The van der Waals surface area contributed by atoms with Gasteiger partial charge in [-0.3, -0.25) is 9.59 Å². The summed E-state index contributed by atoms with van der Waals surface area (Å²) < 4.78 is 0. The molecule has 0 aliphatic rings. The molecule has 0 fully saturated rings. The summed E-state index contributed by atoms with van der Waals surface area (Å²) in [4.78, 5) is 28.1. The summed E-state index contributed by atoms with van der Waals surface area (Å²) in [6.07, 6.45) is 1.98. The lowest BCUT2D eigenvalue weighted by Crippen LogP contribution is -2.27. The van der Waals surface area contributed by atoms with Crippen LogP contribution in [0.5, 0.6) is 0 Å². The van der Waals surface area contributed by atoms with Crippen LogP contribution in [0.15, 0.2) is 66.2 Å². The first-order chi connectivity index (χ1) is 12.2. The third-order valence-electron chi connectivity index (χ3n) is 3.52. The number of rotatable bonds is 6. The third-order valence-corrected chi connectivity index (χ3v) is 4.34. The molecule has 0 saturated heterocycles. The highest BCUT2D eigenvalue weighted by Gasteiger charge is 2.07. The molecule has 5 nitrogen and oxygen atoms in total. The molecule has 2 aromatic carbocycles. The predicted molar refractivity (Wildman–Crippen MR) is 99.6 cm³/mol. The van der Waals surface area contributed by atoms with Crippen LogP contribution in [0.2, 0.25) is 0 Å². The van der Waals surface area contributed by atoms with Gasteiger partial charge in [0.25, 0.3) is 5.91 Å². The molecule has 25 heavy (non-hydrogen) atoms. The standard InChI is InChI=1S/C19H17N3O2S/c23-17(10-11-20-18(24)14-4-2-1-3-5-14)22-16-8-6-15(7-9-16)19-21-12-13-25-19/h1-9,12-13H,10-11H2,(H,20,24)(H,22,23). The Kier molecular flexibility index (Phi) is 5.53. The molecule has 0 atom stereocenters. The topological polar surface area (TPSA) is 71.1 Å². The van der Waals surface area contributed by atoms with Crippen LogP contribution in [0.1, 0.15) is 16.8 Å². The van der Waals surface area contributed by atoms with Gasteiger partial charge < -0.3 is 10.6 Å². The molecule has 6 heteroatoms. The number of hydrogen-bond acceptors (Lipinski definition) is 4. The highest BCUT2D eigenvalue weighted by atomic mass is 32.1. The van der Waals surface area contributed by atoms with Gasteiger partial charge in [0, 0.05) is 41.4 Å². The van der Waals surface area contributed by atoms with Crippen LogP contribution in [0.3, 0.4) is 0 Å². The summed E-state index contributed by atoms with van der Waals surface area (Å²) >= 11 is 1.57. The van der Waals surface area contributed by atoms with Gasteiger partial charge in [0.2, 0.25) is 5.91 Å². The van der Waals surface area contributed by atoms with Crippen LogP contribution < -0.4 is 10.6 Å². The van der Waals surface area contributed by atoms with E-state index in [9.17, 15) is 9.59 Å². The highest BCUT2D eigenvalue weighted by molar-refractivity contribution is 7.13. The Hall–Kier alpha value is -2.99. The van der Waals surface area contributed by atoms with Crippen molar-refractivity contribution in [2.75, 3.05) is 11.9 Å². The zero-order chi connectivity index (χ0) is 17.5. The van der Waals surface area contributed by atoms with Gasteiger partial charge in [-0.1, -0.05) is 18.2 Å². The quantitative estimate of drug-likeness (QED) is 0.713. The van der Waals surface area contributed by atoms with Crippen molar-refractivity contribution >= 4 is 28.8 Å². The largest absolute Gasteiger partial charge is 0.352 e. The molecule has 0 aliphatic carbocycles. The van der Waals surface area contributed by atoms with Crippen molar-refractivity contribution in [3.05, 3.63) is 71.7 Å². The van der Waals surface area contributed by atoms with Crippen molar-refractivity contribution in [3.63, 3.8) is 0 Å². The fourth-order valence-electron chi connectivity index (χ4n) is 2.27. The summed E-state index contributed by atoms with van der Waals surface area (Å²) in [6.45, 7) is 0.288. The zero-order valence-corrected chi connectivity index (χ0v) is 14.3. The molecular formula is C19H17N3O2S. The van der Waals surface area contributed by atoms with Gasteiger partial charge >= 0.3 is 0 Å². The average molecular weight is 351 g/mol. The van der Waals surface area contributed by atoms with Crippen LogP contribution in [0.4, 0.5) is 5.69 Å². The van der Waals surface area contributed by atoms with Gasteiger partial charge in [0.1, 0.15) is 5.01 Å². The van der Waals surface area contributed by atoms with Gasteiger partial charge in [0.15, 0.2) is 0 Å². The lowest BCUT2D eigenvalue weighted by atomic mass is 10.2. The van der Waals surface area contributed by atoms with Crippen LogP contribution >= 0.6 is 11.3 Å². The molecule has 2 N–H and O–H groups in total. The van der Waals surface area contributed by atoms with Crippen molar-refractivity contribution in [1.82, 2.24) is 10.3 Å². The smallest absolute Gasteiger partial charge is 0.251 e. The molecule has 1 aromatic heterocycles. The van der Waals surface area contributed by atoms with Crippen LogP contribution in [0.25, 0.3) is 10.6 Å². The van der Waals surface area contributed by atoms with Gasteiger partial charge in [0.05, 0.1) is 0 Å². The number of benzene rings is 2. The monoisotopic (exact) mass is 351 g/mol. The van der Waals surface area contributed by atoms with E-state index in [0.717, 1.165) is 16.3 Å². The van der Waals surface area contributed by atoms with E-state index in [4.69, 9.17) is 0 Å². The summed E-state index contributed by atoms with van der Waals surface area (Å²) in [5.41, 5.74) is 2.32. The maximum atomic E-state index is 12.0. The molecule has 0 radical (unpaired) electrons. The summed E-state index contributed by atoms with van der Waals surface area (Å²) in [5.74, 6) is -0.323. The number of carbonyl (C=O) groups excluding carboxylic acids is 2. The van der Waals surface area contributed by atoms with Gasteiger partial charge in [-0.05, 0) is 36.4 Å². The Bertz CT molecular complexity index is 831. The Morgan fingerprint density at radius 1 is 1.00 bits per heavy atom. The fraction of sp³-hybridized carbons (Fsp3) is 0.105. The van der Waals surface area contributed by atoms with Crippen LogP contribution in [0, 0.1) is 0 Å². The average Bonchev–Trinajstić information content (AvgIpc) is 3.18. The first-order valence-corrected chi connectivity index (χ1v) is 8.73. The first kappa shape index (κ1) is 16.9. The van der Waals surface area contributed by atoms with Crippen molar-refractivity contribution in [2.45, 2.75) is 6.42 Å². The van der Waals surface area contributed by atoms with Gasteiger partial charge in [-0.25, -0.2) is 4.98 Å². The minimum absolute atomic E-state index is 0.143. The number of carbonyl (C=O) groups is 2. The van der Waals surface area contributed by atoms with E-state index in [-0.39, 0.29) is 24.8 Å². The fourth-order valence-corrected chi connectivity index (χ4v) is 2.91. The van der Waals surface area contributed by atoms with Crippen molar-refractivity contribution in [3.8, 4) is 10.6 Å². The number of amides is 2. The Morgan fingerprint density at radius 2 is 1.76 bits per heavy atom. The molecule has 126 valence electrons. The number of nitrogens with one attached hydrogen (secondary N) is 2. The molecule has 0 saturated carbocycles. The predicted octanol–water partition coefficient (Wildman–Crippen LogP) is 3.57. The van der Waals surface area contributed by atoms with Gasteiger partial charge in [-0.2, -0.15) is 0 Å². The molecule has 0 unspecified atom stereocenters. The number of hydrogen-bond donors (Lipinski definition) is 2. The van der Waals surface area contributed by atoms with Crippen molar-refractivity contribution < 1.29 is 9.59 Å².